The van der Waals surface area contributed by atoms with Gasteiger partial charge in [-0.3, -0.25) is 14.4 Å². The normalized spacial score (nSPS) is 34.3. The second-order valence-corrected chi connectivity index (χ2v) is 9.58. The molecule has 8 heteroatoms. The summed E-state index contributed by atoms with van der Waals surface area (Å²) >= 11 is 0. The summed E-state index contributed by atoms with van der Waals surface area (Å²) < 4.78 is 6.32. The Morgan fingerprint density at radius 2 is 2.00 bits per heavy atom. The van der Waals surface area contributed by atoms with E-state index >= 15 is 0 Å². The predicted molar refractivity (Wildman–Crippen MR) is 107 cm³/mol. The highest BCUT2D eigenvalue weighted by molar-refractivity contribution is 5.99. The Morgan fingerprint density at radius 3 is 2.55 bits per heavy atom. The molecule has 8 nitrogen and oxygen atoms in total. The highest BCUT2D eigenvalue weighted by Crippen LogP contribution is 2.58. The summed E-state index contributed by atoms with van der Waals surface area (Å²) in [5.41, 5.74) is -1.48. The largest absolute Gasteiger partial charge is 0.394 e. The zero-order valence-electron chi connectivity index (χ0n) is 18.2. The van der Waals surface area contributed by atoms with Crippen molar-refractivity contribution in [2.75, 3.05) is 13.2 Å². The third-order valence-corrected chi connectivity index (χ3v) is 6.41. The summed E-state index contributed by atoms with van der Waals surface area (Å²) in [5, 5.41) is 15.8. The van der Waals surface area contributed by atoms with Crippen molar-refractivity contribution in [2.45, 2.75) is 89.6 Å². The van der Waals surface area contributed by atoms with Gasteiger partial charge in [-0.25, -0.2) is 0 Å². The van der Waals surface area contributed by atoms with Gasteiger partial charge in [-0.2, -0.15) is 0 Å². The predicted octanol–water partition coefficient (Wildman–Crippen LogP) is 0.573. The van der Waals surface area contributed by atoms with Crippen LogP contribution in [0, 0.1) is 11.8 Å². The minimum atomic E-state index is -1.01. The summed E-state index contributed by atoms with van der Waals surface area (Å²) in [6.07, 6.45) is 2.19. The Labute approximate surface area is 172 Å². The third-order valence-electron chi connectivity index (χ3n) is 6.41. The summed E-state index contributed by atoms with van der Waals surface area (Å²) in [7, 11) is 0. The fourth-order valence-corrected chi connectivity index (χ4v) is 5.30. The van der Waals surface area contributed by atoms with Crippen LogP contribution in [0.1, 0.15) is 60.3 Å². The maximum Gasteiger partial charge on any atom is 0.246 e. The molecule has 3 rings (SSSR count). The van der Waals surface area contributed by atoms with Gasteiger partial charge in [-0.05, 0) is 46.5 Å². The molecule has 0 saturated carbocycles. The zero-order valence-corrected chi connectivity index (χ0v) is 18.2. The molecule has 0 aliphatic carbocycles. The highest BCUT2D eigenvalue weighted by Gasteiger charge is 2.75. The molecular formula is C21H35N3O5. The lowest BCUT2D eigenvalue weighted by atomic mass is 9.70. The first-order valence-electron chi connectivity index (χ1n) is 10.8. The molecule has 3 N–H and O–H groups in total. The van der Waals surface area contributed by atoms with E-state index in [-0.39, 0.29) is 30.4 Å². The molecule has 3 heterocycles. The van der Waals surface area contributed by atoms with Crippen LogP contribution in [0.3, 0.4) is 0 Å². The van der Waals surface area contributed by atoms with Gasteiger partial charge in [-0.1, -0.05) is 13.8 Å². The number of hydrogen-bond acceptors (Lipinski definition) is 5. The van der Waals surface area contributed by atoms with E-state index in [2.05, 4.69) is 10.6 Å². The minimum Gasteiger partial charge on any atom is -0.394 e. The standard InChI is InChI=1S/C21H35N3O5/c1-6-10-22-17(26)14-13-8-9-21(29-13)15(14)19(28)24(12(7-2)11-25)16(21)18(27)23-20(3,4)5/h12-16,25H,6-11H2,1-5H3,(H,22,26)(H,23,27)/t12-,13-,14+,15-,16?,21?/m0/s1. The molecule has 2 bridgehead atoms. The van der Waals surface area contributed by atoms with Crippen molar-refractivity contribution in [3.8, 4) is 0 Å². The number of rotatable bonds is 7. The molecule has 3 aliphatic heterocycles. The Bertz CT molecular complexity index is 672. The molecule has 2 unspecified atom stereocenters. The number of aliphatic hydroxyl groups excluding tert-OH is 1. The molecule has 0 aromatic heterocycles. The Balaban J connectivity index is 2.01. The molecule has 0 aromatic rings. The molecule has 164 valence electrons. The van der Waals surface area contributed by atoms with Crippen molar-refractivity contribution in [1.82, 2.24) is 15.5 Å². The fourth-order valence-electron chi connectivity index (χ4n) is 5.30. The van der Waals surface area contributed by atoms with E-state index in [0.29, 0.717) is 25.8 Å². The third kappa shape index (κ3) is 3.54. The first-order chi connectivity index (χ1) is 13.6. The number of hydrogen-bond donors (Lipinski definition) is 3. The Morgan fingerprint density at radius 1 is 1.31 bits per heavy atom. The fraction of sp³-hybridized carbons (Fsp3) is 0.857. The number of fused-ring (bicyclic) bond motifs is 1. The maximum absolute atomic E-state index is 13.6. The highest BCUT2D eigenvalue weighted by atomic mass is 16.5. The van der Waals surface area contributed by atoms with Gasteiger partial charge in [0.15, 0.2) is 0 Å². The Kier molecular flexibility index (Phi) is 5.98. The first kappa shape index (κ1) is 22.0. The van der Waals surface area contributed by atoms with Crippen LogP contribution < -0.4 is 10.6 Å². The molecule has 29 heavy (non-hydrogen) atoms. The van der Waals surface area contributed by atoms with Crippen LogP contribution in [0.2, 0.25) is 0 Å². The quantitative estimate of drug-likeness (QED) is 0.570. The minimum absolute atomic E-state index is 0.175. The number of aliphatic hydroxyl groups is 1. The van der Waals surface area contributed by atoms with Gasteiger partial charge >= 0.3 is 0 Å². The molecule has 3 aliphatic rings. The number of carbonyl (C=O) groups is 3. The number of likely N-dealkylation sites (tertiary alicyclic amines) is 1. The van der Waals surface area contributed by atoms with Crippen LogP contribution in [0.25, 0.3) is 0 Å². The molecule has 6 atom stereocenters. The zero-order chi connectivity index (χ0) is 21.6. The summed E-state index contributed by atoms with van der Waals surface area (Å²) in [6.45, 7) is 9.82. The smallest absolute Gasteiger partial charge is 0.246 e. The van der Waals surface area contributed by atoms with Gasteiger partial charge in [0.1, 0.15) is 11.6 Å². The number of ether oxygens (including phenoxy) is 1. The molecule has 0 aromatic carbocycles. The van der Waals surface area contributed by atoms with Gasteiger partial charge in [0.05, 0.1) is 30.6 Å². The van der Waals surface area contributed by atoms with E-state index in [4.69, 9.17) is 4.74 Å². The van der Waals surface area contributed by atoms with Crippen LogP contribution in [0.15, 0.2) is 0 Å². The van der Waals surface area contributed by atoms with Crippen LogP contribution in [-0.4, -0.2) is 70.2 Å². The second-order valence-electron chi connectivity index (χ2n) is 9.58. The van der Waals surface area contributed by atoms with Crippen LogP contribution in [0.5, 0.6) is 0 Å². The van der Waals surface area contributed by atoms with E-state index in [1.165, 1.54) is 4.90 Å². The van der Waals surface area contributed by atoms with Gasteiger partial charge in [0.25, 0.3) is 0 Å². The lowest BCUT2D eigenvalue weighted by molar-refractivity contribution is -0.146. The Hall–Kier alpha value is -1.67. The van der Waals surface area contributed by atoms with Gasteiger partial charge in [0.2, 0.25) is 17.7 Å². The molecule has 0 radical (unpaired) electrons. The molecular weight excluding hydrogens is 374 g/mol. The van der Waals surface area contributed by atoms with E-state index < -0.39 is 35.1 Å². The van der Waals surface area contributed by atoms with Crippen molar-refractivity contribution in [3.05, 3.63) is 0 Å². The average molecular weight is 410 g/mol. The SMILES string of the molecule is CCCNC(=O)[C@@H]1[C@@H]2CCC3(O2)C(C(=O)NC(C)(C)C)N([C@@H](CC)CO)C(=O)[C@H]13. The van der Waals surface area contributed by atoms with Crippen molar-refractivity contribution >= 4 is 17.7 Å². The van der Waals surface area contributed by atoms with Crippen molar-refractivity contribution in [1.29, 1.82) is 0 Å². The lowest BCUT2D eigenvalue weighted by Gasteiger charge is -2.38. The number of amides is 3. The number of nitrogens with one attached hydrogen (secondary N) is 2. The summed E-state index contributed by atoms with van der Waals surface area (Å²) in [5.74, 6) is -1.98. The van der Waals surface area contributed by atoms with E-state index in [0.717, 1.165) is 6.42 Å². The first-order valence-corrected chi connectivity index (χ1v) is 10.8. The van der Waals surface area contributed by atoms with Crippen molar-refractivity contribution in [2.24, 2.45) is 11.8 Å². The average Bonchev–Trinajstić information content (AvgIpc) is 3.27. The van der Waals surface area contributed by atoms with E-state index in [9.17, 15) is 19.5 Å². The van der Waals surface area contributed by atoms with Crippen LogP contribution >= 0.6 is 0 Å². The summed E-state index contributed by atoms with van der Waals surface area (Å²) in [4.78, 5) is 41.3. The van der Waals surface area contributed by atoms with Gasteiger partial charge in [-0.15, -0.1) is 0 Å². The van der Waals surface area contributed by atoms with Crippen molar-refractivity contribution < 1.29 is 24.2 Å². The number of carbonyl (C=O) groups excluding carboxylic acids is 3. The maximum atomic E-state index is 13.6. The van der Waals surface area contributed by atoms with Gasteiger partial charge < -0.3 is 25.4 Å². The van der Waals surface area contributed by atoms with Crippen molar-refractivity contribution in [3.63, 3.8) is 0 Å². The second kappa shape index (κ2) is 7.87. The number of nitrogens with zero attached hydrogens (tertiary/aromatic N) is 1. The van der Waals surface area contributed by atoms with Gasteiger partial charge in [0, 0.05) is 12.1 Å². The van der Waals surface area contributed by atoms with Crippen LogP contribution in [-0.2, 0) is 19.1 Å². The molecule has 3 saturated heterocycles. The van der Waals surface area contributed by atoms with Crippen LogP contribution in [0.4, 0.5) is 0 Å². The lowest BCUT2D eigenvalue weighted by Crippen LogP contribution is -2.60. The molecule has 1 spiro atoms. The monoisotopic (exact) mass is 409 g/mol. The van der Waals surface area contributed by atoms with E-state index in [1.54, 1.807) is 0 Å². The van der Waals surface area contributed by atoms with E-state index in [1.807, 2.05) is 34.6 Å². The molecule has 3 fully saturated rings. The topological polar surface area (TPSA) is 108 Å². The molecule has 3 amide bonds. The summed E-state index contributed by atoms with van der Waals surface area (Å²) in [6, 6.07) is -1.33.